The van der Waals surface area contributed by atoms with Crippen LogP contribution in [0.15, 0.2) is 29.4 Å². The van der Waals surface area contributed by atoms with Crippen molar-refractivity contribution in [2.75, 3.05) is 5.75 Å². The third-order valence-electron chi connectivity index (χ3n) is 3.97. The molecule has 2 aromatic rings. The van der Waals surface area contributed by atoms with Crippen molar-refractivity contribution < 1.29 is 0 Å². The number of nitrogens with zero attached hydrogens (tertiary/aromatic N) is 2. The van der Waals surface area contributed by atoms with Crippen LogP contribution in [0.25, 0.3) is 0 Å². The van der Waals surface area contributed by atoms with E-state index < -0.39 is 0 Å². The highest BCUT2D eigenvalue weighted by molar-refractivity contribution is 7.99. The van der Waals surface area contributed by atoms with Crippen LogP contribution < -0.4 is 0 Å². The molecule has 0 radical (unpaired) electrons. The molecule has 0 spiro atoms. The van der Waals surface area contributed by atoms with Crippen LogP contribution in [-0.4, -0.2) is 20.9 Å². The van der Waals surface area contributed by atoms with Crippen LogP contribution in [0.5, 0.6) is 0 Å². The first-order valence-electron chi connectivity index (χ1n) is 7.58. The van der Waals surface area contributed by atoms with Crippen LogP contribution in [0.3, 0.4) is 0 Å². The van der Waals surface area contributed by atoms with E-state index in [-0.39, 0.29) is 0 Å². The van der Waals surface area contributed by atoms with E-state index in [1.165, 1.54) is 37.7 Å². The second kappa shape index (κ2) is 7.32. The van der Waals surface area contributed by atoms with Crippen LogP contribution in [0.1, 0.15) is 43.5 Å². The molecular weight excluding hydrogens is 302 g/mol. The number of halogens is 1. The topological polar surface area (TPSA) is 41.6 Å². The summed E-state index contributed by atoms with van der Waals surface area (Å²) in [6.07, 6.45) is 7.69. The molecule has 1 aromatic carbocycles. The van der Waals surface area contributed by atoms with Crippen LogP contribution in [0, 0.1) is 5.92 Å². The smallest absolute Gasteiger partial charge is 0.183 e. The van der Waals surface area contributed by atoms with Crippen LogP contribution in [-0.2, 0) is 6.42 Å². The molecule has 21 heavy (non-hydrogen) atoms. The van der Waals surface area contributed by atoms with E-state index in [1.807, 2.05) is 36.0 Å². The maximum atomic E-state index is 5.89. The number of aromatic nitrogens is 3. The normalized spacial score (nSPS) is 16.2. The maximum Gasteiger partial charge on any atom is 0.183 e. The van der Waals surface area contributed by atoms with E-state index >= 15 is 0 Å². The summed E-state index contributed by atoms with van der Waals surface area (Å²) in [5.41, 5.74) is 1.18. The second-order valence-electron chi connectivity index (χ2n) is 5.68. The minimum absolute atomic E-state index is 0.748. The van der Waals surface area contributed by atoms with E-state index in [1.54, 1.807) is 0 Å². The van der Waals surface area contributed by atoms with Gasteiger partial charge in [-0.2, -0.15) is 5.10 Å². The van der Waals surface area contributed by atoms with Gasteiger partial charge in [-0.3, -0.25) is 5.10 Å². The van der Waals surface area contributed by atoms with E-state index in [0.29, 0.717) is 0 Å². The Balaban J connectivity index is 1.52. The van der Waals surface area contributed by atoms with E-state index in [4.69, 9.17) is 11.6 Å². The van der Waals surface area contributed by atoms with Gasteiger partial charge in [0, 0.05) is 17.2 Å². The Morgan fingerprint density at radius 2 is 1.90 bits per heavy atom. The molecule has 0 aliphatic heterocycles. The third kappa shape index (κ3) is 4.48. The van der Waals surface area contributed by atoms with E-state index in [2.05, 4.69) is 15.2 Å². The lowest BCUT2D eigenvalue weighted by atomic mass is 9.91. The average Bonchev–Trinajstić information content (AvgIpc) is 2.96. The summed E-state index contributed by atoms with van der Waals surface area (Å²) in [5, 5.41) is 9.07. The fourth-order valence-corrected chi connectivity index (χ4v) is 3.89. The molecule has 3 nitrogen and oxygen atoms in total. The molecule has 0 amide bonds. The Bertz CT molecular complexity index is 561. The zero-order valence-corrected chi connectivity index (χ0v) is 13.6. The van der Waals surface area contributed by atoms with Gasteiger partial charge in [0.15, 0.2) is 11.0 Å². The highest BCUT2D eigenvalue weighted by atomic mass is 35.5. The van der Waals surface area contributed by atoms with Crippen molar-refractivity contribution in [2.24, 2.45) is 5.92 Å². The highest BCUT2D eigenvalue weighted by Crippen LogP contribution is 2.28. The molecule has 112 valence electrons. The lowest BCUT2D eigenvalue weighted by Crippen LogP contribution is -2.08. The van der Waals surface area contributed by atoms with Gasteiger partial charge in [-0.25, -0.2) is 4.98 Å². The zero-order chi connectivity index (χ0) is 14.5. The van der Waals surface area contributed by atoms with Crippen molar-refractivity contribution in [1.29, 1.82) is 0 Å². The number of hydrogen-bond donors (Lipinski definition) is 1. The molecule has 1 saturated carbocycles. The van der Waals surface area contributed by atoms with Gasteiger partial charge in [0.25, 0.3) is 0 Å². The van der Waals surface area contributed by atoms with Gasteiger partial charge >= 0.3 is 0 Å². The van der Waals surface area contributed by atoms with Gasteiger partial charge in [0.1, 0.15) is 0 Å². The Labute approximate surface area is 134 Å². The molecule has 1 N–H and O–H groups in total. The fourth-order valence-electron chi connectivity index (χ4n) is 2.76. The highest BCUT2D eigenvalue weighted by Gasteiger charge is 2.14. The van der Waals surface area contributed by atoms with Gasteiger partial charge < -0.3 is 0 Å². The van der Waals surface area contributed by atoms with Crippen molar-refractivity contribution in [1.82, 2.24) is 15.2 Å². The number of rotatable bonds is 5. The SMILES string of the molecule is Clc1ccc(Cc2n[nH]c(SCC3CCCCC3)n2)cc1. The molecule has 0 unspecified atom stereocenters. The lowest BCUT2D eigenvalue weighted by molar-refractivity contribution is 0.391. The van der Waals surface area contributed by atoms with Crippen molar-refractivity contribution in [3.05, 3.63) is 40.7 Å². The van der Waals surface area contributed by atoms with Gasteiger partial charge in [-0.1, -0.05) is 54.8 Å². The monoisotopic (exact) mass is 321 g/mol. The van der Waals surface area contributed by atoms with E-state index in [0.717, 1.165) is 34.1 Å². The summed E-state index contributed by atoms with van der Waals surface area (Å²) in [6.45, 7) is 0. The van der Waals surface area contributed by atoms with Crippen molar-refractivity contribution in [2.45, 2.75) is 43.7 Å². The third-order valence-corrected chi connectivity index (χ3v) is 5.31. The molecule has 0 saturated heterocycles. The number of nitrogens with one attached hydrogen (secondary N) is 1. The Morgan fingerprint density at radius 3 is 2.67 bits per heavy atom. The first-order chi connectivity index (χ1) is 10.3. The molecular formula is C16H20ClN3S. The summed E-state index contributed by atoms with van der Waals surface area (Å²) >= 11 is 7.70. The molecule has 0 atom stereocenters. The Hall–Kier alpha value is -1.00. The first kappa shape index (κ1) is 14.9. The molecule has 1 aliphatic carbocycles. The minimum Gasteiger partial charge on any atom is -0.254 e. The van der Waals surface area contributed by atoms with Crippen LogP contribution in [0.2, 0.25) is 5.02 Å². The second-order valence-corrected chi connectivity index (χ2v) is 7.12. The number of H-pyrrole nitrogens is 1. The predicted molar refractivity (Wildman–Crippen MR) is 87.9 cm³/mol. The van der Waals surface area contributed by atoms with Gasteiger partial charge in [0.05, 0.1) is 0 Å². The van der Waals surface area contributed by atoms with E-state index in [9.17, 15) is 0 Å². The van der Waals surface area contributed by atoms with Crippen molar-refractivity contribution in [3.63, 3.8) is 0 Å². The molecule has 1 aliphatic rings. The fraction of sp³-hybridized carbons (Fsp3) is 0.500. The summed E-state index contributed by atoms with van der Waals surface area (Å²) in [7, 11) is 0. The number of hydrogen-bond acceptors (Lipinski definition) is 3. The summed E-state index contributed by atoms with van der Waals surface area (Å²) < 4.78 is 0. The predicted octanol–water partition coefficient (Wildman–Crippen LogP) is 4.72. The zero-order valence-electron chi connectivity index (χ0n) is 12.0. The largest absolute Gasteiger partial charge is 0.254 e. The quantitative estimate of drug-likeness (QED) is 0.810. The number of benzene rings is 1. The van der Waals surface area contributed by atoms with Crippen molar-refractivity contribution in [3.8, 4) is 0 Å². The lowest BCUT2D eigenvalue weighted by Gasteiger charge is -2.20. The molecule has 5 heteroatoms. The molecule has 1 heterocycles. The van der Waals surface area contributed by atoms with Gasteiger partial charge in [-0.05, 0) is 36.5 Å². The van der Waals surface area contributed by atoms with Crippen molar-refractivity contribution >= 4 is 23.4 Å². The van der Waals surface area contributed by atoms with Gasteiger partial charge in [0.2, 0.25) is 0 Å². The Morgan fingerprint density at radius 1 is 1.14 bits per heavy atom. The number of thioether (sulfide) groups is 1. The molecule has 3 rings (SSSR count). The first-order valence-corrected chi connectivity index (χ1v) is 8.94. The van der Waals surface area contributed by atoms with Crippen LogP contribution >= 0.6 is 23.4 Å². The molecule has 1 aromatic heterocycles. The van der Waals surface area contributed by atoms with Gasteiger partial charge in [-0.15, -0.1) is 0 Å². The maximum absolute atomic E-state index is 5.89. The minimum atomic E-state index is 0.748. The molecule has 0 bridgehead atoms. The Kier molecular flexibility index (Phi) is 5.20. The summed E-state index contributed by atoms with van der Waals surface area (Å²) in [5.74, 6) is 2.87. The van der Waals surface area contributed by atoms with Crippen LogP contribution in [0.4, 0.5) is 0 Å². The average molecular weight is 322 g/mol. The summed E-state index contributed by atoms with van der Waals surface area (Å²) in [4.78, 5) is 4.58. The standard InChI is InChI=1S/C16H20ClN3S/c17-14-8-6-12(7-9-14)10-15-18-16(20-19-15)21-11-13-4-2-1-3-5-13/h6-9,13H,1-5,10-11H2,(H,18,19,20). The summed E-state index contributed by atoms with van der Waals surface area (Å²) in [6, 6.07) is 7.85. The molecule has 1 fully saturated rings. The number of aromatic amines is 1.